The van der Waals surface area contributed by atoms with Gasteiger partial charge in [0.05, 0.1) is 10.3 Å². The van der Waals surface area contributed by atoms with Crippen LogP contribution < -0.4 is 4.90 Å². The highest BCUT2D eigenvalue weighted by molar-refractivity contribution is 7.85. The molecule has 5 nitrogen and oxygen atoms in total. The molecule has 4 aliphatic rings. The number of aryl methyl sites for hydroxylation is 1. The molecule has 0 unspecified atom stereocenters. The fraction of sp³-hybridized carbons (Fsp3) is 0.289. The molecule has 0 aromatic heterocycles. The minimum absolute atomic E-state index is 0.0455. The monoisotopic (exact) mass is 728 g/mol. The molecule has 0 fully saturated rings. The van der Waals surface area contributed by atoms with Crippen molar-refractivity contribution in [3.8, 4) is 0 Å². The van der Waals surface area contributed by atoms with Crippen LogP contribution in [0.1, 0.15) is 70.1 Å². The summed E-state index contributed by atoms with van der Waals surface area (Å²) in [7, 11) is 0.124. The number of nitrogens with zero attached hydrogens (tertiary/aromatic N) is 2. The Morgan fingerprint density at radius 2 is 1.54 bits per heavy atom. The number of likely N-dealkylation sites (N-methyl/N-ethyl adjacent to an activating group) is 1. The van der Waals surface area contributed by atoms with Crippen molar-refractivity contribution in [1.29, 1.82) is 0 Å². The molecule has 3 aromatic carbocycles. The maximum Gasteiger partial charge on any atom is 0.209 e. The largest absolute Gasteiger partial charge is 0.744 e. The van der Waals surface area contributed by atoms with Crippen molar-refractivity contribution in [3.05, 3.63) is 160 Å². The molecule has 0 atom stereocenters. The molecule has 0 N–H and O–H groups in total. The van der Waals surface area contributed by atoms with E-state index in [1.807, 2.05) is 6.92 Å². The van der Waals surface area contributed by atoms with Gasteiger partial charge in [-0.25, -0.2) is 8.42 Å². The highest BCUT2D eigenvalue weighted by Crippen LogP contribution is 2.47. The van der Waals surface area contributed by atoms with Gasteiger partial charge >= 0.3 is 0 Å². The Bertz CT molecular complexity index is 2260. The molecular formula is C45H48N2O3S2. The maximum atomic E-state index is 10.4. The van der Waals surface area contributed by atoms with Crippen LogP contribution in [0.25, 0.3) is 0 Å². The van der Waals surface area contributed by atoms with Crippen LogP contribution in [0.4, 0.5) is 11.4 Å². The fourth-order valence-corrected chi connectivity index (χ4v) is 8.77. The van der Waals surface area contributed by atoms with Gasteiger partial charge in [-0.15, -0.1) is 0 Å². The third-order valence-corrected chi connectivity index (χ3v) is 12.1. The normalized spacial score (nSPS) is 20.7. The standard InChI is InChI=1S/C38H41N2S.C7H8O3S/c1-37(2)29-17-8-10-19-31(29)39(5)34(37)24-22-26-14-13-15-27(36(26)28-16-7-12-21-33(28)41)23-25-35-38(3,4)30-18-9-11-20-32(30)40(35)6;1-6-2-4-7(5-3-6)11(8,9)10/h7-12,16-20,22-25H,13-15,21H2,1-6H3;2-5H,1H3,(H,8,9,10)/q+1;/p-1. The van der Waals surface area contributed by atoms with E-state index in [9.17, 15) is 13.0 Å². The van der Waals surface area contributed by atoms with Gasteiger partial charge in [-0.1, -0.05) is 111 Å². The fourth-order valence-electron chi connectivity index (χ4n) is 8.04. The first-order valence-corrected chi connectivity index (χ1v) is 19.7. The molecule has 2 heterocycles. The zero-order valence-corrected chi connectivity index (χ0v) is 32.9. The Morgan fingerprint density at radius 3 is 2.19 bits per heavy atom. The lowest BCUT2D eigenvalue weighted by molar-refractivity contribution is -0.401. The van der Waals surface area contributed by atoms with E-state index in [1.165, 1.54) is 68.3 Å². The van der Waals surface area contributed by atoms with E-state index in [2.05, 4.69) is 142 Å². The van der Waals surface area contributed by atoms with Crippen molar-refractivity contribution in [2.45, 2.75) is 76.0 Å². The van der Waals surface area contributed by atoms with E-state index < -0.39 is 10.1 Å². The summed E-state index contributed by atoms with van der Waals surface area (Å²) < 4.78 is 33.5. The topological polar surface area (TPSA) is 63.5 Å². The van der Waals surface area contributed by atoms with E-state index in [-0.39, 0.29) is 15.7 Å². The molecule has 2 aliphatic carbocycles. The molecule has 0 saturated carbocycles. The number of allylic oxidation sites excluding steroid dienone is 12. The molecule has 268 valence electrons. The second kappa shape index (κ2) is 14.5. The third-order valence-electron chi connectivity index (χ3n) is 10.9. The lowest BCUT2D eigenvalue weighted by Gasteiger charge is -2.27. The van der Waals surface area contributed by atoms with E-state index in [1.54, 1.807) is 12.1 Å². The molecule has 0 bridgehead atoms. The van der Waals surface area contributed by atoms with Gasteiger partial charge in [-0.05, 0) is 92.2 Å². The van der Waals surface area contributed by atoms with Crippen molar-refractivity contribution in [2.24, 2.45) is 0 Å². The van der Waals surface area contributed by atoms with Crippen molar-refractivity contribution in [3.63, 3.8) is 0 Å². The number of fused-ring (bicyclic) bond motifs is 2. The van der Waals surface area contributed by atoms with Gasteiger partial charge in [0.15, 0.2) is 5.71 Å². The average Bonchev–Trinajstić information content (AvgIpc) is 3.43. The van der Waals surface area contributed by atoms with Crippen LogP contribution in [0.2, 0.25) is 0 Å². The minimum atomic E-state index is -4.27. The third kappa shape index (κ3) is 7.14. The molecule has 52 heavy (non-hydrogen) atoms. The summed E-state index contributed by atoms with van der Waals surface area (Å²) in [5.41, 5.74) is 14.2. The first-order valence-electron chi connectivity index (χ1n) is 17.9. The zero-order chi connectivity index (χ0) is 37.4. The van der Waals surface area contributed by atoms with E-state index in [4.69, 9.17) is 12.2 Å². The molecule has 7 rings (SSSR count). The lowest BCUT2D eigenvalue weighted by atomic mass is 9.78. The Kier molecular flexibility index (Phi) is 10.4. The van der Waals surface area contributed by atoms with Crippen molar-refractivity contribution < 1.29 is 17.5 Å². The summed E-state index contributed by atoms with van der Waals surface area (Å²) in [6, 6.07) is 23.4. The average molecular weight is 729 g/mol. The predicted octanol–water partition coefficient (Wildman–Crippen LogP) is 10.1. The van der Waals surface area contributed by atoms with Crippen LogP contribution in [0, 0.1) is 6.92 Å². The van der Waals surface area contributed by atoms with Crippen LogP contribution in [-0.4, -0.2) is 42.2 Å². The Labute approximate surface area is 315 Å². The number of benzene rings is 3. The van der Waals surface area contributed by atoms with Gasteiger partial charge in [0, 0.05) is 52.8 Å². The maximum absolute atomic E-state index is 10.4. The highest BCUT2D eigenvalue weighted by Gasteiger charge is 2.42. The lowest BCUT2D eigenvalue weighted by Crippen LogP contribution is -2.26. The molecule has 0 saturated heterocycles. The number of hydrogen-bond donors (Lipinski definition) is 0. The van der Waals surface area contributed by atoms with Crippen LogP contribution in [-0.2, 0) is 20.9 Å². The minimum Gasteiger partial charge on any atom is -0.744 e. The molecule has 3 aromatic rings. The summed E-state index contributed by atoms with van der Waals surface area (Å²) in [6.45, 7) is 11.2. The highest BCUT2D eigenvalue weighted by atomic mass is 32.2. The van der Waals surface area contributed by atoms with E-state index >= 15 is 0 Å². The zero-order valence-electron chi connectivity index (χ0n) is 31.2. The van der Waals surface area contributed by atoms with Crippen LogP contribution in [0.15, 0.2) is 148 Å². The van der Waals surface area contributed by atoms with E-state index in [0.717, 1.165) is 36.1 Å². The van der Waals surface area contributed by atoms with Gasteiger partial charge in [0.1, 0.15) is 17.2 Å². The molecule has 0 radical (unpaired) electrons. The summed E-state index contributed by atoms with van der Waals surface area (Å²) in [5.74, 6) is 0. The summed E-state index contributed by atoms with van der Waals surface area (Å²) in [4.78, 5) is 3.22. The summed E-state index contributed by atoms with van der Waals surface area (Å²) in [6.07, 6.45) is 20.2. The van der Waals surface area contributed by atoms with Crippen molar-refractivity contribution in [1.82, 2.24) is 0 Å². The number of hydrogen-bond acceptors (Lipinski definition) is 5. The number of para-hydroxylation sites is 2. The SMILES string of the molecule is CN1C(=CC=C2CCCC(C=CC3=[N+](C)c4ccccc4C3(C)C)=C2C2=CC=CCC2=S)C(C)(C)c2ccccc21.Cc1ccc(S(=O)(=O)[O-])cc1. The van der Waals surface area contributed by atoms with Crippen LogP contribution >= 0.6 is 12.2 Å². The summed E-state index contributed by atoms with van der Waals surface area (Å²) >= 11 is 5.96. The second-order valence-corrected chi connectivity index (χ2v) is 16.9. The molecule has 0 spiro atoms. The predicted molar refractivity (Wildman–Crippen MR) is 218 cm³/mol. The first-order chi connectivity index (χ1) is 24.6. The summed E-state index contributed by atoms with van der Waals surface area (Å²) in [5, 5.41) is 0. The molecule has 0 amide bonds. The number of thiocarbonyl (C=S) groups is 1. The van der Waals surface area contributed by atoms with Crippen LogP contribution in [0.5, 0.6) is 0 Å². The van der Waals surface area contributed by atoms with Gasteiger partial charge in [-0.3, -0.25) is 0 Å². The quantitative estimate of drug-likeness (QED) is 0.149. The molecule has 2 aliphatic heterocycles. The van der Waals surface area contributed by atoms with Crippen molar-refractivity contribution >= 4 is 44.3 Å². The smallest absolute Gasteiger partial charge is 0.209 e. The Morgan fingerprint density at radius 1 is 0.865 bits per heavy atom. The van der Waals surface area contributed by atoms with Crippen molar-refractivity contribution in [2.75, 3.05) is 19.0 Å². The Hall–Kier alpha value is -4.43. The van der Waals surface area contributed by atoms with Gasteiger partial charge in [0.2, 0.25) is 5.69 Å². The number of anilines is 1. The van der Waals surface area contributed by atoms with Gasteiger partial charge in [-0.2, -0.15) is 4.58 Å². The number of rotatable bonds is 5. The Balaban J connectivity index is 0.000000362. The molecule has 7 heteroatoms. The first kappa shape index (κ1) is 37.3. The van der Waals surface area contributed by atoms with E-state index in [0.29, 0.717) is 0 Å². The van der Waals surface area contributed by atoms with Gasteiger partial charge < -0.3 is 9.45 Å². The van der Waals surface area contributed by atoms with Crippen LogP contribution in [0.3, 0.4) is 0 Å². The van der Waals surface area contributed by atoms with Gasteiger partial charge in [0.25, 0.3) is 0 Å². The second-order valence-electron chi connectivity index (χ2n) is 15.0. The molecular weight excluding hydrogens is 681 g/mol.